The maximum Gasteiger partial charge on any atom is 0.261 e. The van der Waals surface area contributed by atoms with Gasteiger partial charge in [-0.2, -0.15) is 0 Å². The highest BCUT2D eigenvalue weighted by molar-refractivity contribution is 9.10. The van der Waals surface area contributed by atoms with Gasteiger partial charge in [-0.05, 0) is 33.6 Å². The number of alkyl halides is 2. The SMILES string of the molecule is CC1(C)C(c2ccc(Br)c(F)c2)C1(F)F. The van der Waals surface area contributed by atoms with Crippen LogP contribution in [0.3, 0.4) is 0 Å². The molecule has 1 unspecified atom stereocenters. The Morgan fingerprint density at radius 1 is 1.27 bits per heavy atom. The smallest absolute Gasteiger partial charge is 0.206 e. The van der Waals surface area contributed by atoms with Gasteiger partial charge in [0.15, 0.2) is 0 Å². The minimum absolute atomic E-state index is 0.299. The van der Waals surface area contributed by atoms with Crippen molar-refractivity contribution in [2.75, 3.05) is 0 Å². The van der Waals surface area contributed by atoms with Crippen molar-refractivity contribution in [3.05, 3.63) is 34.1 Å². The molecule has 1 atom stereocenters. The normalized spacial score (nSPS) is 26.4. The van der Waals surface area contributed by atoms with E-state index in [1.54, 1.807) is 6.07 Å². The topological polar surface area (TPSA) is 0 Å². The molecule has 4 heteroatoms. The van der Waals surface area contributed by atoms with E-state index in [9.17, 15) is 13.2 Å². The van der Waals surface area contributed by atoms with Gasteiger partial charge in [0.1, 0.15) is 5.82 Å². The lowest BCUT2D eigenvalue weighted by atomic mass is 10.0. The van der Waals surface area contributed by atoms with E-state index in [4.69, 9.17) is 0 Å². The zero-order valence-electron chi connectivity index (χ0n) is 8.32. The highest BCUT2D eigenvalue weighted by atomic mass is 79.9. The Morgan fingerprint density at radius 2 is 1.80 bits per heavy atom. The molecule has 1 aromatic rings. The Bertz CT molecular complexity index is 398. The molecule has 0 aromatic heterocycles. The molecule has 0 bridgehead atoms. The van der Waals surface area contributed by atoms with Crippen LogP contribution in [0.1, 0.15) is 25.3 Å². The standard InChI is InChI=1S/C11H10BrF3/c1-10(2)9(11(10,14)15)6-3-4-7(12)8(13)5-6/h3-5,9H,1-2H3. The van der Waals surface area contributed by atoms with Crippen molar-refractivity contribution in [2.45, 2.75) is 25.7 Å². The molecule has 0 radical (unpaired) electrons. The number of hydrogen-bond acceptors (Lipinski definition) is 0. The summed E-state index contributed by atoms with van der Waals surface area (Å²) in [6.45, 7) is 3.00. The van der Waals surface area contributed by atoms with Crippen molar-refractivity contribution >= 4 is 15.9 Å². The largest absolute Gasteiger partial charge is 0.261 e. The third-order valence-corrected chi connectivity index (χ3v) is 3.78. The summed E-state index contributed by atoms with van der Waals surface area (Å²) in [6, 6.07) is 4.19. The zero-order valence-corrected chi connectivity index (χ0v) is 9.91. The Labute approximate surface area is 94.6 Å². The van der Waals surface area contributed by atoms with Crippen LogP contribution in [-0.2, 0) is 0 Å². The number of benzene rings is 1. The minimum Gasteiger partial charge on any atom is -0.206 e. The van der Waals surface area contributed by atoms with Crippen LogP contribution in [0, 0.1) is 11.2 Å². The van der Waals surface area contributed by atoms with Crippen LogP contribution in [0.15, 0.2) is 22.7 Å². The van der Waals surface area contributed by atoms with E-state index < -0.39 is 23.1 Å². The van der Waals surface area contributed by atoms with Gasteiger partial charge >= 0.3 is 0 Å². The van der Waals surface area contributed by atoms with Crippen molar-refractivity contribution in [1.82, 2.24) is 0 Å². The lowest BCUT2D eigenvalue weighted by Crippen LogP contribution is -1.99. The van der Waals surface area contributed by atoms with E-state index >= 15 is 0 Å². The van der Waals surface area contributed by atoms with E-state index in [2.05, 4.69) is 15.9 Å². The molecule has 15 heavy (non-hydrogen) atoms. The highest BCUT2D eigenvalue weighted by Gasteiger charge is 2.75. The van der Waals surface area contributed by atoms with Crippen molar-refractivity contribution in [3.63, 3.8) is 0 Å². The molecule has 1 aromatic carbocycles. The van der Waals surface area contributed by atoms with Crippen LogP contribution in [-0.4, -0.2) is 5.92 Å². The first-order valence-electron chi connectivity index (χ1n) is 4.61. The van der Waals surface area contributed by atoms with Crippen molar-refractivity contribution < 1.29 is 13.2 Å². The number of hydrogen-bond donors (Lipinski definition) is 0. The monoisotopic (exact) mass is 278 g/mol. The molecule has 1 aliphatic carbocycles. The molecule has 1 fully saturated rings. The molecule has 0 amide bonds. The van der Waals surface area contributed by atoms with Crippen LogP contribution >= 0.6 is 15.9 Å². The number of halogens is 4. The molecule has 0 saturated heterocycles. The second-order valence-electron chi connectivity index (χ2n) is 4.45. The molecule has 0 aliphatic heterocycles. The van der Waals surface area contributed by atoms with E-state index in [0.717, 1.165) is 0 Å². The average molecular weight is 279 g/mol. The summed E-state index contributed by atoms with van der Waals surface area (Å²) < 4.78 is 40.2. The summed E-state index contributed by atoms with van der Waals surface area (Å²) in [6.07, 6.45) is 0. The van der Waals surface area contributed by atoms with Gasteiger partial charge in [0.2, 0.25) is 0 Å². The fourth-order valence-electron chi connectivity index (χ4n) is 1.98. The predicted octanol–water partition coefficient (Wildman–Crippen LogP) is 4.35. The molecular formula is C11H10BrF3. The second kappa shape index (κ2) is 3.00. The van der Waals surface area contributed by atoms with Gasteiger partial charge in [-0.15, -0.1) is 0 Å². The summed E-state index contributed by atoms with van der Waals surface area (Å²) in [4.78, 5) is 0. The van der Waals surface area contributed by atoms with Gasteiger partial charge in [-0.1, -0.05) is 19.9 Å². The molecule has 1 saturated carbocycles. The van der Waals surface area contributed by atoms with Crippen LogP contribution in [0.2, 0.25) is 0 Å². The molecule has 0 heterocycles. The van der Waals surface area contributed by atoms with Crippen molar-refractivity contribution in [3.8, 4) is 0 Å². The van der Waals surface area contributed by atoms with Crippen molar-refractivity contribution in [2.24, 2.45) is 5.41 Å². The summed E-state index contributed by atoms with van der Waals surface area (Å²) in [5.41, 5.74) is -0.696. The van der Waals surface area contributed by atoms with Crippen molar-refractivity contribution in [1.29, 1.82) is 0 Å². The molecule has 82 valence electrons. The first-order chi connectivity index (χ1) is 6.78. The van der Waals surface area contributed by atoms with Gasteiger partial charge in [0, 0.05) is 5.41 Å². The molecule has 0 N–H and O–H groups in total. The summed E-state index contributed by atoms with van der Waals surface area (Å²) in [5.74, 6) is -4.09. The molecule has 0 spiro atoms. The van der Waals surface area contributed by atoms with Crippen LogP contribution in [0.5, 0.6) is 0 Å². The van der Waals surface area contributed by atoms with Gasteiger partial charge in [-0.3, -0.25) is 0 Å². The molecule has 1 aliphatic rings. The van der Waals surface area contributed by atoms with Crippen LogP contribution in [0.4, 0.5) is 13.2 Å². The Kier molecular flexibility index (Phi) is 2.20. The van der Waals surface area contributed by atoms with E-state index in [0.29, 0.717) is 10.0 Å². The van der Waals surface area contributed by atoms with E-state index in [1.165, 1.54) is 26.0 Å². The minimum atomic E-state index is -2.73. The first-order valence-corrected chi connectivity index (χ1v) is 5.40. The lowest BCUT2D eigenvalue weighted by molar-refractivity contribution is 0.0726. The van der Waals surface area contributed by atoms with Crippen LogP contribution in [0.25, 0.3) is 0 Å². The second-order valence-corrected chi connectivity index (χ2v) is 5.31. The third kappa shape index (κ3) is 1.41. The van der Waals surface area contributed by atoms with Crippen LogP contribution < -0.4 is 0 Å². The predicted molar refractivity (Wildman–Crippen MR) is 55.6 cm³/mol. The molecule has 2 rings (SSSR count). The summed E-state index contributed by atoms with van der Waals surface area (Å²) >= 11 is 2.99. The maximum absolute atomic E-state index is 13.4. The summed E-state index contributed by atoms with van der Waals surface area (Å²) in [5, 5.41) is 0. The number of rotatable bonds is 1. The molecular weight excluding hydrogens is 269 g/mol. The van der Waals surface area contributed by atoms with Gasteiger partial charge < -0.3 is 0 Å². The third-order valence-electron chi connectivity index (χ3n) is 3.14. The van der Waals surface area contributed by atoms with Gasteiger partial charge in [0.25, 0.3) is 5.92 Å². The summed E-state index contributed by atoms with van der Waals surface area (Å²) in [7, 11) is 0. The average Bonchev–Trinajstić information content (AvgIpc) is 2.50. The Balaban J connectivity index is 2.38. The Morgan fingerprint density at radius 3 is 2.20 bits per heavy atom. The lowest BCUT2D eigenvalue weighted by Gasteiger charge is -2.01. The molecule has 0 nitrogen and oxygen atoms in total. The van der Waals surface area contributed by atoms with E-state index in [1.807, 2.05) is 0 Å². The zero-order chi connectivity index (χ0) is 11.4. The first kappa shape index (κ1) is 11.0. The van der Waals surface area contributed by atoms with Gasteiger partial charge in [0.05, 0.1) is 10.4 Å². The van der Waals surface area contributed by atoms with Gasteiger partial charge in [-0.25, -0.2) is 13.2 Å². The fourth-order valence-corrected chi connectivity index (χ4v) is 2.22. The fraction of sp³-hybridized carbons (Fsp3) is 0.455. The maximum atomic E-state index is 13.4. The quantitative estimate of drug-likeness (QED) is 0.717. The Hall–Kier alpha value is -0.510. The highest BCUT2D eigenvalue weighted by Crippen LogP contribution is 2.70. The van der Waals surface area contributed by atoms with E-state index in [-0.39, 0.29) is 0 Å².